The number of hydrogen-bond acceptors (Lipinski definition) is 3. The van der Waals surface area contributed by atoms with Crippen molar-refractivity contribution in [3.63, 3.8) is 0 Å². The van der Waals surface area contributed by atoms with Crippen LogP contribution in [-0.2, 0) is 5.41 Å². The van der Waals surface area contributed by atoms with Crippen molar-refractivity contribution in [3.05, 3.63) is 58.7 Å². The molecule has 0 aliphatic carbocycles. The molecular weight excluding hydrogens is 302 g/mol. The molecule has 0 aromatic heterocycles. The Balaban J connectivity index is 2.32. The van der Waals surface area contributed by atoms with Gasteiger partial charge in [0.15, 0.2) is 0 Å². The van der Waals surface area contributed by atoms with Crippen molar-refractivity contribution < 1.29 is 14.6 Å². The van der Waals surface area contributed by atoms with Gasteiger partial charge in [0.05, 0.1) is 0 Å². The minimum absolute atomic E-state index is 0.229. The lowest BCUT2D eigenvalue weighted by Gasteiger charge is -2.27. The fourth-order valence-corrected chi connectivity index (χ4v) is 2.64. The summed E-state index contributed by atoms with van der Waals surface area (Å²) in [5, 5.41) is 12.4. The molecule has 2 aromatic carbocycles. The van der Waals surface area contributed by atoms with Crippen LogP contribution in [-0.4, -0.2) is 17.7 Å². The zero-order valence-corrected chi connectivity index (χ0v) is 14.9. The largest absolute Gasteiger partial charge is 0.508 e. The second kappa shape index (κ2) is 6.95. The van der Waals surface area contributed by atoms with Crippen LogP contribution in [0.25, 0.3) is 0 Å². The first-order valence-corrected chi connectivity index (χ1v) is 8.12. The van der Waals surface area contributed by atoms with Crippen molar-refractivity contribution in [2.75, 3.05) is 6.54 Å². The number of hydrogen-bond donors (Lipinski definition) is 2. The van der Waals surface area contributed by atoms with Crippen LogP contribution in [0.3, 0.4) is 0 Å². The molecule has 4 heteroatoms. The Hall–Kier alpha value is -2.49. The lowest BCUT2D eigenvalue weighted by Crippen LogP contribution is -2.26. The second-order valence-corrected chi connectivity index (χ2v) is 6.53. The van der Waals surface area contributed by atoms with Gasteiger partial charge in [-0.25, -0.2) is 4.79 Å². The van der Waals surface area contributed by atoms with E-state index in [9.17, 15) is 9.90 Å². The monoisotopic (exact) mass is 327 g/mol. The van der Waals surface area contributed by atoms with Crippen LogP contribution in [0, 0.1) is 13.8 Å². The Morgan fingerprint density at radius 3 is 2.21 bits per heavy atom. The van der Waals surface area contributed by atoms with Gasteiger partial charge in [0.25, 0.3) is 0 Å². The standard InChI is InChI=1S/C20H25NO3/c1-6-21-19(23)24-18-10-8-16(12-14(18)3)20(4,5)15-7-9-17(22)13(2)11-15/h7-12,22H,6H2,1-5H3,(H,21,23). The van der Waals surface area contributed by atoms with Crippen molar-refractivity contribution in [2.45, 2.75) is 40.0 Å². The number of aryl methyl sites for hydroxylation is 2. The molecule has 0 atom stereocenters. The molecule has 0 fully saturated rings. The number of aromatic hydroxyl groups is 1. The van der Waals surface area contributed by atoms with Crippen molar-refractivity contribution in [2.24, 2.45) is 0 Å². The summed E-state index contributed by atoms with van der Waals surface area (Å²) in [5.74, 6) is 0.860. The van der Waals surface area contributed by atoms with E-state index in [1.54, 1.807) is 6.07 Å². The molecule has 24 heavy (non-hydrogen) atoms. The quantitative estimate of drug-likeness (QED) is 0.872. The summed E-state index contributed by atoms with van der Waals surface area (Å²) < 4.78 is 5.31. The van der Waals surface area contributed by atoms with Crippen LogP contribution in [0.1, 0.15) is 43.0 Å². The predicted octanol–water partition coefficient (Wildman–Crippen LogP) is 4.44. The zero-order valence-electron chi connectivity index (χ0n) is 14.9. The number of nitrogens with one attached hydrogen (secondary N) is 1. The van der Waals surface area contributed by atoms with E-state index in [0.29, 0.717) is 18.0 Å². The first-order valence-electron chi connectivity index (χ1n) is 8.12. The van der Waals surface area contributed by atoms with Gasteiger partial charge in [-0.2, -0.15) is 0 Å². The van der Waals surface area contributed by atoms with Crippen LogP contribution < -0.4 is 10.1 Å². The molecule has 0 heterocycles. The summed E-state index contributed by atoms with van der Waals surface area (Å²) in [6.07, 6.45) is -0.443. The predicted molar refractivity (Wildman–Crippen MR) is 95.9 cm³/mol. The summed E-state index contributed by atoms with van der Waals surface area (Å²) in [7, 11) is 0. The lowest BCUT2D eigenvalue weighted by molar-refractivity contribution is 0.201. The molecule has 0 saturated carbocycles. The Kier molecular flexibility index (Phi) is 5.17. The van der Waals surface area contributed by atoms with E-state index < -0.39 is 6.09 Å². The zero-order chi connectivity index (χ0) is 17.9. The highest BCUT2D eigenvalue weighted by Crippen LogP contribution is 2.35. The van der Waals surface area contributed by atoms with Crippen LogP contribution in [0.15, 0.2) is 36.4 Å². The maximum Gasteiger partial charge on any atom is 0.412 e. The van der Waals surface area contributed by atoms with Gasteiger partial charge in [-0.05, 0) is 55.2 Å². The summed E-state index contributed by atoms with van der Waals surface area (Å²) in [5.41, 5.74) is 3.77. The molecule has 0 spiro atoms. The van der Waals surface area contributed by atoms with E-state index in [1.807, 2.05) is 51.1 Å². The molecule has 4 nitrogen and oxygen atoms in total. The maximum atomic E-state index is 11.6. The molecule has 0 unspecified atom stereocenters. The van der Waals surface area contributed by atoms with Crippen LogP contribution in [0.4, 0.5) is 4.79 Å². The number of benzene rings is 2. The fourth-order valence-electron chi connectivity index (χ4n) is 2.64. The van der Waals surface area contributed by atoms with Crippen molar-refractivity contribution in [1.29, 1.82) is 0 Å². The van der Waals surface area contributed by atoms with E-state index in [2.05, 4.69) is 19.2 Å². The number of carbonyl (C=O) groups is 1. The number of rotatable bonds is 4. The summed E-state index contributed by atoms with van der Waals surface area (Å²) >= 11 is 0. The van der Waals surface area contributed by atoms with Gasteiger partial charge in [0.2, 0.25) is 0 Å². The molecule has 0 radical (unpaired) electrons. The van der Waals surface area contributed by atoms with E-state index in [1.165, 1.54) is 0 Å². The smallest absolute Gasteiger partial charge is 0.412 e. The maximum absolute atomic E-state index is 11.6. The molecule has 0 aliphatic heterocycles. The van der Waals surface area contributed by atoms with Gasteiger partial charge < -0.3 is 15.2 Å². The topological polar surface area (TPSA) is 58.6 Å². The van der Waals surface area contributed by atoms with Crippen molar-refractivity contribution in [3.8, 4) is 11.5 Å². The van der Waals surface area contributed by atoms with Crippen LogP contribution in [0.2, 0.25) is 0 Å². The first-order chi connectivity index (χ1) is 11.3. The van der Waals surface area contributed by atoms with Gasteiger partial charge in [-0.1, -0.05) is 38.1 Å². The first kappa shape index (κ1) is 17.9. The summed E-state index contributed by atoms with van der Waals surface area (Å²) in [4.78, 5) is 11.6. The molecule has 1 amide bonds. The molecule has 128 valence electrons. The van der Waals surface area contributed by atoms with Gasteiger partial charge in [-0.15, -0.1) is 0 Å². The molecule has 0 bridgehead atoms. The average molecular weight is 327 g/mol. The third kappa shape index (κ3) is 3.70. The second-order valence-electron chi connectivity index (χ2n) is 6.53. The summed E-state index contributed by atoms with van der Waals surface area (Å²) in [6, 6.07) is 11.5. The molecule has 2 aromatic rings. The number of phenolic OH excluding ortho intramolecular Hbond substituents is 1. The van der Waals surface area contributed by atoms with E-state index in [0.717, 1.165) is 22.3 Å². The Morgan fingerprint density at radius 1 is 1.08 bits per heavy atom. The highest BCUT2D eigenvalue weighted by atomic mass is 16.6. The molecule has 0 aliphatic rings. The minimum atomic E-state index is -0.443. The number of phenols is 1. The van der Waals surface area contributed by atoms with Crippen molar-refractivity contribution >= 4 is 6.09 Å². The van der Waals surface area contributed by atoms with Crippen molar-refractivity contribution in [1.82, 2.24) is 5.32 Å². The highest BCUT2D eigenvalue weighted by molar-refractivity contribution is 5.70. The normalized spacial score (nSPS) is 11.2. The van der Waals surface area contributed by atoms with Gasteiger partial charge in [0, 0.05) is 12.0 Å². The molecule has 2 rings (SSSR count). The molecule has 2 N–H and O–H groups in total. The van der Waals surface area contributed by atoms with Crippen LogP contribution in [0.5, 0.6) is 11.5 Å². The third-order valence-corrected chi connectivity index (χ3v) is 4.34. The molecule has 0 saturated heterocycles. The van der Waals surface area contributed by atoms with Gasteiger partial charge in [0.1, 0.15) is 11.5 Å². The minimum Gasteiger partial charge on any atom is -0.508 e. The Morgan fingerprint density at radius 2 is 1.67 bits per heavy atom. The van der Waals surface area contributed by atoms with E-state index in [-0.39, 0.29) is 5.41 Å². The molecular formula is C20H25NO3. The van der Waals surface area contributed by atoms with Gasteiger partial charge in [-0.3, -0.25) is 0 Å². The number of amides is 1. The lowest BCUT2D eigenvalue weighted by atomic mass is 9.77. The van der Waals surface area contributed by atoms with Gasteiger partial charge >= 0.3 is 6.09 Å². The summed E-state index contributed by atoms with van der Waals surface area (Å²) in [6.45, 7) is 10.5. The van der Waals surface area contributed by atoms with E-state index in [4.69, 9.17) is 4.74 Å². The number of ether oxygens (including phenoxy) is 1. The Bertz CT molecular complexity index is 751. The Labute approximate surface area is 143 Å². The fraction of sp³-hybridized carbons (Fsp3) is 0.350. The SMILES string of the molecule is CCNC(=O)Oc1ccc(C(C)(C)c2ccc(O)c(C)c2)cc1C. The number of carbonyl (C=O) groups excluding carboxylic acids is 1. The average Bonchev–Trinajstić information content (AvgIpc) is 2.52. The third-order valence-electron chi connectivity index (χ3n) is 4.34. The van der Waals surface area contributed by atoms with Crippen LogP contribution >= 0.6 is 0 Å². The highest BCUT2D eigenvalue weighted by Gasteiger charge is 2.24. The van der Waals surface area contributed by atoms with E-state index >= 15 is 0 Å².